The molecule has 2 aromatic carbocycles. The third-order valence-electron chi connectivity index (χ3n) is 5.47. The number of aliphatic hydroxyl groups excluding tert-OH is 1. The minimum Gasteiger partial charge on any atom is -0.508 e. The number of benzene rings is 2. The zero-order valence-electron chi connectivity index (χ0n) is 15.9. The summed E-state index contributed by atoms with van der Waals surface area (Å²) in [4.78, 5) is 13.1. The van der Waals surface area contributed by atoms with Crippen LogP contribution in [-0.4, -0.2) is 34.1 Å². The van der Waals surface area contributed by atoms with Gasteiger partial charge in [-0.3, -0.25) is 4.79 Å². The molecule has 8 heteroatoms. The van der Waals surface area contributed by atoms with Crippen molar-refractivity contribution in [3.63, 3.8) is 0 Å². The first kappa shape index (κ1) is 17.7. The molecule has 1 atom stereocenters. The Hall–Kier alpha value is -3.39. The molecule has 0 amide bonds. The molecule has 1 aliphatic heterocycles. The highest BCUT2D eigenvalue weighted by atomic mass is 16.5. The van der Waals surface area contributed by atoms with Gasteiger partial charge >= 0.3 is 5.78 Å². The number of rotatable bonds is 1. The Bertz CT molecular complexity index is 1380. The van der Waals surface area contributed by atoms with Crippen molar-refractivity contribution in [2.45, 2.75) is 32.0 Å². The SMILES string of the molecule is COc1cc2c(oc3oc4cc(O)cc(O)c4c(=O)c32)c2c1OC(C)(C)[C@@H](O)C2. The van der Waals surface area contributed by atoms with Crippen molar-refractivity contribution in [1.82, 2.24) is 0 Å². The Kier molecular flexibility index (Phi) is 3.40. The highest BCUT2D eigenvalue weighted by molar-refractivity contribution is 6.09. The average Bonchev–Trinajstić information content (AvgIpc) is 3.00. The van der Waals surface area contributed by atoms with Crippen LogP contribution in [0.3, 0.4) is 0 Å². The predicted octanol–water partition coefficient (Wildman–Crippen LogP) is 3.19. The van der Waals surface area contributed by atoms with Gasteiger partial charge in [0.2, 0.25) is 5.43 Å². The van der Waals surface area contributed by atoms with Gasteiger partial charge in [0, 0.05) is 29.5 Å². The number of furan rings is 1. The molecule has 0 fully saturated rings. The summed E-state index contributed by atoms with van der Waals surface area (Å²) in [7, 11) is 1.48. The minimum atomic E-state index is -0.827. The van der Waals surface area contributed by atoms with E-state index < -0.39 is 22.9 Å². The maximum Gasteiger partial charge on any atom is 0.302 e. The number of hydrogen-bond donors (Lipinski definition) is 3. The van der Waals surface area contributed by atoms with Crippen LogP contribution in [0.1, 0.15) is 19.4 Å². The maximum atomic E-state index is 13.1. The van der Waals surface area contributed by atoms with E-state index in [1.165, 1.54) is 13.2 Å². The first-order valence-corrected chi connectivity index (χ1v) is 9.03. The molecule has 0 saturated heterocycles. The summed E-state index contributed by atoms with van der Waals surface area (Å²) in [5, 5.41) is 30.9. The van der Waals surface area contributed by atoms with Crippen molar-refractivity contribution in [2.24, 2.45) is 0 Å². The number of phenols is 2. The van der Waals surface area contributed by atoms with Crippen LogP contribution in [0.15, 0.2) is 31.8 Å². The van der Waals surface area contributed by atoms with Crippen LogP contribution < -0.4 is 14.9 Å². The molecule has 0 radical (unpaired) electrons. The first-order chi connectivity index (χ1) is 13.7. The van der Waals surface area contributed by atoms with Crippen LogP contribution in [0, 0.1) is 0 Å². The quantitative estimate of drug-likeness (QED) is 0.447. The van der Waals surface area contributed by atoms with Crippen molar-refractivity contribution in [1.29, 1.82) is 0 Å². The van der Waals surface area contributed by atoms with E-state index in [2.05, 4.69) is 0 Å². The molecule has 0 spiro atoms. The van der Waals surface area contributed by atoms with E-state index in [4.69, 9.17) is 18.3 Å². The van der Waals surface area contributed by atoms with Crippen molar-refractivity contribution in [2.75, 3.05) is 7.11 Å². The van der Waals surface area contributed by atoms with Crippen LogP contribution in [0.5, 0.6) is 23.0 Å². The number of ether oxygens (including phenoxy) is 2. The third kappa shape index (κ3) is 2.32. The molecule has 5 rings (SSSR count). The second-order valence-electron chi connectivity index (χ2n) is 7.72. The molecule has 0 aliphatic carbocycles. The topological polar surface area (TPSA) is 123 Å². The molecule has 8 nitrogen and oxygen atoms in total. The van der Waals surface area contributed by atoms with E-state index in [9.17, 15) is 20.1 Å². The fourth-order valence-corrected chi connectivity index (χ4v) is 3.86. The van der Waals surface area contributed by atoms with Crippen molar-refractivity contribution >= 4 is 33.1 Å². The van der Waals surface area contributed by atoms with Crippen molar-refractivity contribution in [3.8, 4) is 23.0 Å². The van der Waals surface area contributed by atoms with Gasteiger partial charge in [-0.1, -0.05) is 0 Å². The number of methoxy groups -OCH3 is 1. The van der Waals surface area contributed by atoms with Crippen molar-refractivity contribution in [3.05, 3.63) is 34.0 Å². The minimum absolute atomic E-state index is 0.00249. The molecular formula is C21H18O8. The number of hydrogen-bond acceptors (Lipinski definition) is 8. The fourth-order valence-electron chi connectivity index (χ4n) is 3.86. The fraction of sp³-hybridized carbons (Fsp3) is 0.286. The van der Waals surface area contributed by atoms with Crippen LogP contribution >= 0.6 is 0 Å². The monoisotopic (exact) mass is 398 g/mol. The van der Waals surface area contributed by atoms with E-state index >= 15 is 0 Å². The molecule has 0 unspecified atom stereocenters. The van der Waals surface area contributed by atoms with Crippen LogP contribution in [-0.2, 0) is 6.42 Å². The van der Waals surface area contributed by atoms with Gasteiger partial charge in [-0.15, -0.1) is 0 Å². The molecular weight excluding hydrogens is 380 g/mol. The summed E-state index contributed by atoms with van der Waals surface area (Å²) in [5.74, 6) is 0.135. The summed E-state index contributed by atoms with van der Waals surface area (Å²) < 4.78 is 23.0. The van der Waals surface area contributed by atoms with E-state index in [0.717, 1.165) is 6.07 Å². The second kappa shape index (κ2) is 5.57. The van der Waals surface area contributed by atoms with Gasteiger partial charge in [-0.2, -0.15) is 0 Å². The van der Waals surface area contributed by atoms with Gasteiger partial charge in [-0.05, 0) is 19.9 Å². The van der Waals surface area contributed by atoms with Crippen molar-refractivity contribution < 1.29 is 33.6 Å². The van der Waals surface area contributed by atoms with Gasteiger partial charge in [0.1, 0.15) is 39.0 Å². The van der Waals surface area contributed by atoms with E-state index in [1.807, 2.05) is 0 Å². The number of aromatic hydroxyl groups is 2. The van der Waals surface area contributed by atoms with Gasteiger partial charge in [0.25, 0.3) is 0 Å². The molecule has 2 aromatic heterocycles. The first-order valence-electron chi connectivity index (χ1n) is 9.03. The molecule has 3 N–H and O–H groups in total. The predicted molar refractivity (Wildman–Crippen MR) is 104 cm³/mol. The van der Waals surface area contributed by atoms with Crippen LogP contribution in [0.4, 0.5) is 0 Å². The molecule has 1 aliphatic rings. The van der Waals surface area contributed by atoms with E-state index in [0.29, 0.717) is 28.0 Å². The Balaban J connectivity index is 1.94. The Morgan fingerprint density at radius 1 is 1.14 bits per heavy atom. The van der Waals surface area contributed by atoms with Gasteiger partial charge in [0.15, 0.2) is 11.5 Å². The summed E-state index contributed by atoms with van der Waals surface area (Å²) in [6.07, 6.45) is -0.572. The molecule has 0 saturated carbocycles. The highest BCUT2D eigenvalue weighted by Crippen LogP contribution is 2.47. The number of aliphatic hydroxyl groups is 1. The lowest BCUT2D eigenvalue weighted by molar-refractivity contribution is -0.0422. The van der Waals surface area contributed by atoms with E-state index in [-0.39, 0.29) is 34.3 Å². The van der Waals surface area contributed by atoms with Crippen LogP contribution in [0.2, 0.25) is 0 Å². The normalized spacial score (nSPS) is 18.1. The zero-order valence-corrected chi connectivity index (χ0v) is 15.9. The van der Waals surface area contributed by atoms with Gasteiger partial charge in [0.05, 0.1) is 13.2 Å². The summed E-state index contributed by atoms with van der Waals surface area (Å²) in [6.45, 7) is 3.55. The smallest absolute Gasteiger partial charge is 0.302 e. The number of fused-ring (bicyclic) bond motifs is 6. The summed E-state index contributed by atoms with van der Waals surface area (Å²) in [5.41, 5.74) is -0.431. The van der Waals surface area contributed by atoms with Crippen LogP contribution in [0.25, 0.3) is 33.1 Å². The lowest BCUT2D eigenvalue weighted by Gasteiger charge is -2.37. The second-order valence-corrected chi connectivity index (χ2v) is 7.72. The number of phenolic OH excluding ortho intramolecular Hbond substituents is 2. The summed E-state index contributed by atoms with van der Waals surface area (Å²) >= 11 is 0. The maximum absolute atomic E-state index is 13.1. The lowest BCUT2D eigenvalue weighted by atomic mass is 9.90. The Labute approximate surface area is 163 Å². The molecule has 29 heavy (non-hydrogen) atoms. The molecule has 3 heterocycles. The largest absolute Gasteiger partial charge is 0.508 e. The molecule has 0 bridgehead atoms. The molecule has 150 valence electrons. The average molecular weight is 398 g/mol. The highest BCUT2D eigenvalue weighted by Gasteiger charge is 2.39. The Morgan fingerprint density at radius 3 is 2.62 bits per heavy atom. The third-order valence-corrected chi connectivity index (χ3v) is 5.47. The van der Waals surface area contributed by atoms with Gasteiger partial charge in [-0.25, -0.2) is 0 Å². The Morgan fingerprint density at radius 2 is 1.90 bits per heavy atom. The summed E-state index contributed by atoms with van der Waals surface area (Å²) in [6, 6.07) is 3.92. The lowest BCUT2D eigenvalue weighted by Crippen LogP contribution is -2.46. The standard InChI is InChI=1S/C21H18O8/c1-21(2)14(24)7-10-18-9(6-13(26-3)19(10)29-21)15-17(25)16-11(23)4-8(22)5-12(16)27-20(15)28-18/h4-6,14,22-24H,7H2,1-3H3/t14-/m0/s1. The van der Waals surface area contributed by atoms with Gasteiger partial charge < -0.3 is 33.6 Å². The zero-order chi connectivity index (χ0) is 20.7. The van der Waals surface area contributed by atoms with E-state index in [1.54, 1.807) is 19.9 Å². The molecule has 4 aromatic rings.